The van der Waals surface area contributed by atoms with Crippen LogP contribution in [0, 0.1) is 0 Å². The average Bonchev–Trinajstić information content (AvgIpc) is 3.25. The molecule has 0 saturated heterocycles. The van der Waals surface area contributed by atoms with Crippen LogP contribution < -0.4 is 5.73 Å². The van der Waals surface area contributed by atoms with Crippen LogP contribution in [0.25, 0.3) is 0 Å². The minimum atomic E-state index is -0.787. The van der Waals surface area contributed by atoms with Crippen LogP contribution in [-0.4, -0.2) is 10.1 Å². The third-order valence-corrected chi connectivity index (χ3v) is 3.69. The van der Waals surface area contributed by atoms with Crippen LogP contribution in [0.5, 0.6) is 0 Å². The number of nitrogen functional groups attached to an aromatic ring is 1. The summed E-state index contributed by atoms with van der Waals surface area (Å²) < 4.78 is 0. The first-order valence-electron chi connectivity index (χ1n) is 6.34. The number of hydrogen-bond donors (Lipinski definition) is 2. The van der Waals surface area contributed by atoms with E-state index in [1.807, 2.05) is 18.2 Å². The monoisotopic (exact) mass is 274 g/mol. The zero-order valence-electron chi connectivity index (χ0n) is 10.4. The standard InChI is InChI=1S/C15H15ClN2O/c16-12-7-13(15(17)18-8-12)14(19)11-3-1-2-10(6-11)9-4-5-9/h1-3,6-9,14,19H,4-5H2,(H2,17,18). The van der Waals surface area contributed by atoms with Gasteiger partial charge in [-0.1, -0.05) is 35.9 Å². The normalized spacial score (nSPS) is 16.3. The van der Waals surface area contributed by atoms with Crippen molar-refractivity contribution in [1.82, 2.24) is 4.98 Å². The van der Waals surface area contributed by atoms with Gasteiger partial charge in [-0.25, -0.2) is 4.98 Å². The van der Waals surface area contributed by atoms with Gasteiger partial charge in [0.15, 0.2) is 0 Å². The van der Waals surface area contributed by atoms with E-state index in [-0.39, 0.29) is 0 Å². The fourth-order valence-electron chi connectivity index (χ4n) is 2.26. The maximum Gasteiger partial charge on any atom is 0.129 e. The average molecular weight is 275 g/mol. The molecule has 0 radical (unpaired) electrons. The Bertz CT molecular complexity index is 611. The molecule has 3 nitrogen and oxygen atoms in total. The lowest BCUT2D eigenvalue weighted by Crippen LogP contribution is -2.05. The predicted molar refractivity (Wildman–Crippen MR) is 76.1 cm³/mol. The van der Waals surface area contributed by atoms with Crippen molar-refractivity contribution in [2.45, 2.75) is 24.9 Å². The van der Waals surface area contributed by atoms with Crippen molar-refractivity contribution >= 4 is 17.4 Å². The van der Waals surface area contributed by atoms with Crippen molar-refractivity contribution < 1.29 is 5.11 Å². The van der Waals surface area contributed by atoms with Crippen LogP contribution >= 0.6 is 11.6 Å². The number of aromatic nitrogens is 1. The van der Waals surface area contributed by atoms with Crippen LogP contribution in [0.3, 0.4) is 0 Å². The van der Waals surface area contributed by atoms with Gasteiger partial charge in [0.05, 0.1) is 5.02 Å². The fraction of sp³-hybridized carbons (Fsp3) is 0.267. The second-order valence-corrected chi connectivity index (χ2v) is 5.41. The summed E-state index contributed by atoms with van der Waals surface area (Å²) in [5.74, 6) is 0.968. The number of benzene rings is 1. The Morgan fingerprint density at radius 3 is 2.84 bits per heavy atom. The molecular formula is C15H15ClN2O. The summed E-state index contributed by atoms with van der Waals surface area (Å²) in [6.07, 6.45) is 3.17. The molecule has 1 aliphatic carbocycles. The number of rotatable bonds is 3. The van der Waals surface area contributed by atoms with Gasteiger partial charge in [-0.15, -0.1) is 0 Å². The van der Waals surface area contributed by atoms with E-state index in [0.717, 1.165) is 5.56 Å². The number of nitrogens with two attached hydrogens (primary N) is 1. The quantitative estimate of drug-likeness (QED) is 0.903. The molecule has 3 N–H and O–H groups in total. The lowest BCUT2D eigenvalue weighted by atomic mass is 9.99. The zero-order chi connectivity index (χ0) is 13.4. The highest BCUT2D eigenvalue weighted by Crippen LogP contribution is 2.41. The first-order chi connectivity index (χ1) is 9.15. The SMILES string of the molecule is Nc1ncc(Cl)cc1C(O)c1cccc(C2CC2)c1. The highest BCUT2D eigenvalue weighted by atomic mass is 35.5. The van der Waals surface area contributed by atoms with Crippen LogP contribution in [-0.2, 0) is 0 Å². The second kappa shape index (κ2) is 4.83. The number of halogens is 1. The highest BCUT2D eigenvalue weighted by Gasteiger charge is 2.24. The smallest absolute Gasteiger partial charge is 0.129 e. The van der Waals surface area contributed by atoms with Crippen molar-refractivity contribution in [2.24, 2.45) is 0 Å². The molecule has 1 aromatic carbocycles. The van der Waals surface area contributed by atoms with E-state index in [9.17, 15) is 5.11 Å². The number of anilines is 1. The summed E-state index contributed by atoms with van der Waals surface area (Å²) in [4.78, 5) is 3.98. The molecule has 0 amide bonds. The van der Waals surface area contributed by atoms with Gasteiger partial charge in [-0.3, -0.25) is 0 Å². The Balaban J connectivity index is 1.96. The van der Waals surface area contributed by atoms with Gasteiger partial charge in [0.1, 0.15) is 11.9 Å². The molecule has 1 atom stereocenters. The van der Waals surface area contributed by atoms with E-state index < -0.39 is 6.10 Å². The Morgan fingerprint density at radius 2 is 2.11 bits per heavy atom. The van der Waals surface area contributed by atoms with Gasteiger partial charge in [0.2, 0.25) is 0 Å². The number of pyridine rings is 1. The van der Waals surface area contributed by atoms with E-state index in [1.165, 1.54) is 24.6 Å². The Kier molecular flexibility index (Phi) is 3.17. The summed E-state index contributed by atoms with van der Waals surface area (Å²) in [6.45, 7) is 0. The van der Waals surface area contributed by atoms with Gasteiger partial charge in [0.25, 0.3) is 0 Å². The molecule has 1 saturated carbocycles. The Labute approximate surface area is 117 Å². The molecule has 1 unspecified atom stereocenters. The summed E-state index contributed by atoms with van der Waals surface area (Å²) in [7, 11) is 0. The zero-order valence-corrected chi connectivity index (χ0v) is 11.1. The molecule has 0 aliphatic heterocycles. The van der Waals surface area contributed by atoms with Crippen molar-refractivity contribution in [2.75, 3.05) is 5.73 Å². The van der Waals surface area contributed by atoms with E-state index in [2.05, 4.69) is 11.1 Å². The molecule has 1 aromatic heterocycles. The fourth-order valence-corrected chi connectivity index (χ4v) is 2.43. The van der Waals surface area contributed by atoms with Crippen molar-refractivity contribution in [3.05, 3.63) is 58.2 Å². The van der Waals surface area contributed by atoms with Crippen LogP contribution in [0.15, 0.2) is 36.5 Å². The van der Waals surface area contributed by atoms with Crippen molar-refractivity contribution in [1.29, 1.82) is 0 Å². The summed E-state index contributed by atoms with van der Waals surface area (Å²) in [5, 5.41) is 10.9. The molecule has 3 rings (SSSR count). The molecule has 19 heavy (non-hydrogen) atoms. The van der Waals surface area contributed by atoms with E-state index in [1.54, 1.807) is 6.07 Å². The van der Waals surface area contributed by atoms with Crippen molar-refractivity contribution in [3.63, 3.8) is 0 Å². The van der Waals surface area contributed by atoms with Gasteiger partial charge in [0, 0.05) is 11.8 Å². The second-order valence-electron chi connectivity index (χ2n) is 4.97. The Morgan fingerprint density at radius 1 is 1.32 bits per heavy atom. The molecule has 4 heteroatoms. The number of hydrogen-bond acceptors (Lipinski definition) is 3. The van der Waals surface area contributed by atoms with Crippen LogP contribution in [0.4, 0.5) is 5.82 Å². The molecule has 2 aromatic rings. The van der Waals surface area contributed by atoms with Gasteiger partial charge >= 0.3 is 0 Å². The molecule has 98 valence electrons. The third-order valence-electron chi connectivity index (χ3n) is 3.49. The third kappa shape index (κ3) is 2.57. The van der Waals surface area contributed by atoms with E-state index in [4.69, 9.17) is 17.3 Å². The minimum absolute atomic E-state index is 0.314. The molecule has 1 aliphatic rings. The van der Waals surface area contributed by atoms with Gasteiger partial charge in [-0.2, -0.15) is 0 Å². The predicted octanol–water partition coefficient (Wildman–Crippen LogP) is 3.28. The maximum atomic E-state index is 10.4. The van der Waals surface area contributed by atoms with E-state index in [0.29, 0.717) is 22.3 Å². The topological polar surface area (TPSA) is 59.1 Å². The molecular weight excluding hydrogens is 260 g/mol. The van der Waals surface area contributed by atoms with Gasteiger partial charge in [-0.05, 0) is 36.0 Å². The first kappa shape index (κ1) is 12.5. The molecule has 1 heterocycles. The largest absolute Gasteiger partial charge is 0.384 e. The summed E-state index contributed by atoms with van der Waals surface area (Å²) in [5.41, 5.74) is 8.48. The van der Waals surface area contributed by atoms with E-state index >= 15 is 0 Å². The van der Waals surface area contributed by atoms with Crippen molar-refractivity contribution in [3.8, 4) is 0 Å². The molecule has 0 spiro atoms. The lowest BCUT2D eigenvalue weighted by molar-refractivity contribution is 0.220. The lowest BCUT2D eigenvalue weighted by Gasteiger charge is -2.14. The molecule has 0 bridgehead atoms. The maximum absolute atomic E-state index is 10.4. The highest BCUT2D eigenvalue weighted by molar-refractivity contribution is 6.30. The van der Waals surface area contributed by atoms with Gasteiger partial charge < -0.3 is 10.8 Å². The van der Waals surface area contributed by atoms with Crippen LogP contribution in [0.1, 0.15) is 41.6 Å². The summed E-state index contributed by atoms with van der Waals surface area (Å²) in [6, 6.07) is 9.69. The Hall–Kier alpha value is -1.58. The first-order valence-corrected chi connectivity index (χ1v) is 6.72. The molecule has 1 fully saturated rings. The number of aliphatic hydroxyl groups excluding tert-OH is 1. The minimum Gasteiger partial charge on any atom is -0.384 e. The summed E-state index contributed by atoms with van der Waals surface area (Å²) >= 11 is 5.91. The number of nitrogens with zero attached hydrogens (tertiary/aromatic N) is 1. The number of aliphatic hydroxyl groups is 1. The van der Waals surface area contributed by atoms with Crippen LogP contribution in [0.2, 0.25) is 5.02 Å².